The summed E-state index contributed by atoms with van der Waals surface area (Å²) in [6.07, 6.45) is 1.55. The molecule has 1 aromatic heterocycles. The Hall–Kier alpha value is -1.42. The summed E-state index contributed by atoms with van der Waals surface area (Å²) >= 11 is 2.89. The lowest BCUT2D eigenvalue weighted by molar-refractivity contribution is 0.0986. The molecule has 0 aliphatic rings. The molecule has 0 bridgehead atoms. The molecule has 2 rings (SSSR count). The van der Waals surface area contributed by atoms with Crippen LogP contribution in [0, 0.1) is 0 Å². The number of rotatable bonds is 1. The van der Waals surface area contributed by atoms with Crippen molar-refractivity contribution in [2.75, 3.05) is 0 Å². The molecule has 2 aromatic rings. The van der Waals surface area contributed by atoms with Gasteiger partial charge in [-0.3, -0.25) is 14.1 Å². The van der Waals surface area contributed by atoms with Crippen molar-refractivity contribution in [3.8, 4) is 0 Å². The molecule has 0 unspecified atom stereocenters. The Morgan fingerprint density at radius 1 is 1.36 bits per heavy atom. The first-order valence-electron chi connectivity index (χ1n) is 4.07. The highest BCUT2D eigenvalue weighted by Crippen LogP contribution is 2.12. The number of carbonyl (C=O) groups is 1. The van der Waals surface area contributed by atoms with Gasteiger partial charge in [-0.2, -0.15) is 0 Å². The second-order valence-corrected chi connectivity index (χ2v) is 3.24. The topological polar surface area (TPSA) is 42.0 Å². The van der Waals surface area contributed by atoms with Gasteiger partial charge in [0.05, 0.1) is 11.1 Å². The minimum atomic E-state index is -0.191. The second kappa shape index (κ2) is 3.75. The Labute approximate surface area is 89.5 Å². The molecule has 0 radical (unpaired) electrons. The minimum absolute atomic E-state index is 0.191. The molecule has 1 heterocycles. The van der Waals surface area contributed by atoms with E-state index in [-0.39, 0.29) is 5.91 Å². The normalized spacial score (nSPS) is 10.1. The van der Waals surface area contributed by atoms with Crippen LogP contribution < -0.4 is 4.34 Å². The van der Waals surface area contributed by atoms with Crippen LogP contribution in [0.3, 0.4) is 0 Å². The molecule has 1 amide bonds. The van der Waals surface area contributed by atoms with E-state index in [1.54, 1.807) is 12.3 Å². The summed E-state index contributed by atoms with van der Waals surface area (Å²) in [6, 6.07) is 9.47. The van der Waals surface area contributed by atoms with E-state index in [2.05, 4.69) is 25.5 Å². The minimum Gasteiger partial charge on any atom is -0.288 e. The monoisotopic (exact) mass is 250 g/mol. The van der Waals surface area contributed by atoms with E-state index in [1.807, 2.05) is 24.3 Å². The van der Waals surface area contributed by atoms with Crippen LogP contribution in [0.15, 0.2) is 36.5 Å². The summed E-state index contributed by atoms with van der Waals surface area (Å²) in [6.45, 7) is 0. The van der Waals surface area contributed by atoms with Gasteiger partial charge in [0.25, 0.3) is 5.91 Å². The van der Waals surface area contributed by atoms with Crippen molar-refractivity contribution in [3.05, 3.63) is 42.1 Å². The third-order valence-electron chi connectivity index (χ3n) is 1.94. The summed E-state index contributed by atoms with van der Waals surface area (Å²) in [5.74, 6) is -0.191. The van der Waals surface area contributed by atoms with Crippen LogP contribution in [0.4, 0.5) is 0 Å². The Balaban J connectivity index is 2.56. The maximum atomic E-state index is 11.3. The SMILES string of the molecule is O=C(NBr)c1cnc2ccccc2c1. The van der Waals surface area contributed by atoms with Gasteiger partial charge in [-0.1, -0.05) is 18.2 Å². The first kappa shape index (κ1) is 9.15. The summed E-state index contributed by atoms with van der Waals surface area (Å²) in [7, 11) is 0. The zero-order chi connectivity index (χ0) is 9.97. The predicted molar refractivity (Wildman–Crippen MR) is 58.1 cm³/mol. The number of aromatic nitrogens is 1. The molecule has 70 valence electrons. The van der Waals surface area contributed by atoms with Gasteiger partial charge in [0.1, 0.15) is 0 Å². The van der Waals surface area contributed by atoms with Crippen molar-refractivity contribution < 1.29 is 4.79 Å². The highest BCUT2D eigenvalue weighted by molar-refractivity contribution is 9.08. The highest BCUT2D eigenvalue weighted by atomic mass is 79.9. The maximum absolute atomic E-state index is 11.3. The van der Waals surface area contributed by atoms with Gasteiger partial charge < -0.3 is 0 Å². The molecular formula is C10H7BrN2O. The molecule has 0 saturated carbocycles. The number of benzene rings is 1. The first-order chi connectivity index (χ1) is 6.81. The van der Waals surface area contributed by atoms with Gasteiger partial charge >= 0.3 is 0 Å². The number of fused-ring (bicyclic) bond motifs is 1. The van der Waals surface area contributed by atoms with Crippen LogP contribution in [0.2, 0.25) is 0 Å². The van der Waals surface area contributed by atoms with Gasteiger partial charge in [-0.05, 0) is 12.1 Å². The number of nitrogens with one attached hydrogen (secondary N) is 1. The Kier molecular flexibility index (Phi) is 2.45. The van der Waals surface area contributed by atoms with E-state index >= 15 is 0 Å². The summed E-state index contributed by atoms with van der Waals surface area (Å²) in [4.78, 5) is 15.4. The number of para-hydroxylation sites is 1. The van der Waals surface area contributed by atoms with E-state index in [9.17, 15) is 4.79 Å². The molecule has 1 N–H and O–H groups in total. The lowest BCUT2D eigenvalue weighted by atomic mass is 10.1. The molecule has 3 nitrogen and oxygen atoms in total. The Bertz CT molecular complexity index is 484. The van der Waals surface area contributed by atoms with Crippen LogP contribution in [0.5, 0.6) is 0 Å². The fraction of sp³-hybridized carbons (Fsp3) is 0. The lowest BCUT2D eigenvalue weighted by Gasteiger charge is -2.00. The van der Waals surface area contributed by atoms with E-state index in [4.69, 9.17) is 0 Å². The van der Waals surface area contributed by atoms with Crippen molar-refractivity contribution >= 4 is 33.0 Å². The average molecular weight is 251 g/mol. The quantitative estimate of drug-likeness (QED) is 0.790. The smallest absolute Gasteiger partial charge is 0.262 e. The molecule has 14 heavy (non-hydrogen) atoms. The van der Waals surface area contributed by atoms with Crippen molar-refractivity contribution in [1.82, 2.24) is 9.33 Å². The zero-order valence-electron chi connectivity index (χ0n) is 7.20. The van der Waals surface area contributed by atoms with E-state index in [0.29, 0.717) is 5.56 Å². The van der Waals surface area contributed by atoms with Crippen molar-refractivity contribution in [3.63, 3.8) is 0 Å². The standard InChI is InChI=1S/C10H7BrN2O/c11-13-10(14)8-5-7-3-1-2-4-9(7)12-6-8/h1-6H,(H,13,14). The molecule has 1 aromatic carbocycles. The molecule has 4 heteroatoms. The van der Waals surface area contributed by atoms with Gasteiger partial charge in [0.15, 0.2) is 0 Å². The molecule has 0 aliphatic carbocycles. The highest BCUT2D eigenvalue weighted by Gasteiger charge is 2.04. The fourth-order valence-corrected chi connectivity index (χ4v) is 1.48. The van der Waals surface area contributed by atoms with Crippen LogP contribution in [0.25, 0.3) is 10.9 Å². The Morgan fingerprint density at radius 2 is 2.14 bits per heavy atom. The number of amides is 1. The van der Waals surface area contributed by atoms with Gasteiger partial charge in [-0.25, -0.2) is 0 Å². The number of hydrogen-bond donors (Lipinski definition) is 1. The third-order valence-corrected chi connectivity index (χ3v) is 2.30. The van der Waals surface area contributed by atoms with Crippen molar-refractivity contribution in [2.24, 2.45) is 0 Å². The predicted octanol–water partition coefficient (Wildman–Crippen LogP) is 2.27. The average Bonchev–Trinajstić information content (AvgIpc) is 2.27. The summed E-state index contributed by atoms with van der Waals surface area (Å²) in [5, 5.41) is 0.959. The molecule has 0 aliphatic heterocycles. The number of hydrogen-bond acceptors (Lipinski definition) is 2. The maximum Gasteiger partial charge on any atom is 0.262 e. The molecular weight excluding hydrogens is 244 g/mol. The van der Waals surface area contributed by atoms with Gasteiger partial charge in [0.2, 0.25) is 0 Å². The first-order valence-corrected chi connectivity index (χ1v) is 4.86. The van der Waals surface area contributed by atoms with Crippen molar-refractivity contribution in [2.45, 2.75) is 0 Å². The van der Waals surface area contributed by atoms with E-state index < -0.39 is 0 Å². The van der Waals surface area contributed by atoms with Crippen LogP contribution >= 0.6 is 16.1 Å². The fourth-order valence-electron chi connectivity index (χ4n) is 1.25. The summed E-state index contributed by atoms with van der Waals surface area (Å²) < 4.78 is 2.38. The van der Waals surface area contributed by atoms with Crippen molar-refractivity contribution in [1.29, 1.82) is 0 Å². The zero-order valence-corrected chi connectivity index (χ0v) is 8.78. The van der Waals surface area contributed by atoms with E-state index in [1.165, 1.54) is 0 Å². The number of nitrogens with zero attached hydrogens (tertiary/aromatic N) is 1. The molecule has 0 fully saturated rings. The number of halogens is 1. The molecule has 0 saturated heterocycles. The van der Waals surface area contributed by atoms with Crippen LogP contribution in [-0.4, -0.2) is 10.9 Å². The number of pyridine rings is 1. The van der Waals surface area contributed by atoms with Crippen LogP contribution in [-0.2, 0) is 0 Å². The number of carbonyl (C=O) groups excluding carboxylic acids is 1. The Morgan fingerprint density at radius 3 is 2.93 bits per heavy atom. The largest absolute Gasteiger partial charge is 0.288 e. The lowest BCUT2D eigenvalue weighted by Crippen LogP contribution is -2.11. The van der Waals surface area contributed by atoms with Gasteiger partial charge in [-0.15, -0.1) is 0 Å². The van der Waals surface area contributed by atoms with Crippen LogP contribution in [0.1, 0.15) is 10.4 Å². The third kappa shape index (κ3) is 1.61. The van der Waals surface area contributed by atoms with Gasteiger partial charge in [0, 0.05) is 27.7 Å². The summed E-state index contributed by atoms with van der Waals surface area (Å²) in [5.41, 5.74) is 1.43. The van der Waals surface area contributed by atoms with E-state index in [0.717, 1.165) is 10.9 Å². The second-order valence-electron chi connectivity index (χ2n) is 2.84. The molecule has 0 atom stereocenters. The molecule has 0 spiro atoms.